The maximum absolute atomic E-state index is 6.11. The molecule has 0 spiro atoms. The fraction of sp³-hybridized carbons (Fsp3) is 0.667. The Labute approximate surface area is 172 Å². The molecule has 0 atom stereocenters. The molecule has 152 valence electrons. The van der Waals surface area contributed by atoms with Gasteiger partial charge < -0.3 is 0 Å². The average Bonchev–Trinajstić information content (AvgIpc) is 2.66. The Morgan fingerprint density at radius 3 is 2.15 bits per heavy atom. The van der Waals surface area contributed by atoms with Crippen LogP contribution in [0.1, 0.15) is 66.4 Å². The second kappa shape index (κ2) is 10.1. The van der Waals surface area contributed by atoms with Crippen molar-refractivity contribution in [1.82, 2.24) is 9.80 Å². The first-order valence-corrected chi connectivity index (χ1v) is 11.2. The first kappa shape index (κ1) is 22.5. The lowest BCUT2D eigenvalue weighted by molar-refractivity contribution is 0.114. The summed E-state index contributed by atoms with van der Waals surface area (Å²) in [6, 6.07) is 9.14. The van der Waals surface area contributed by atoms with Gasteiger partial charge in [0.2, 0.25) is 0 Å². The predicted molar refractivity (Wildman–Crippen MR) is 121 cm³/mol. The topological polar surface area (TPSA) is 6.48 Å². The zero-order valence-corrected chi connectivity index (χ0v) is 19.1. The fourth-order valence-electron chi connectivity index (χ4n) is 4.17. The van der Waals surface area contributed by atoms with Crippen LogP contribution in [0.2, 0.25) is 5.02 Å². The smallest absolute Gasteiger partial charge is 0.0406 e. The molecular weight excluding hydrogens is 352 g/mol. The van der Waals surface area contributed by atoms with Gasteiger partial charge in [-0.15, -0.1) is 0 Å². The summed E-state index contributed by atoms with van der Waals surface area (Å²) in [6.07, 6.45) is 3.71. The number of halogens is 1. The van der Waals surface area contributed by atoms with Crippen LogP contribution in [0.3, 0.4) is 0 Å². The molecule has 3 heteroatoms. The molecule has 2 aliphatic rings. The molecule has 1 saturated heterocycles. The Morgan fingerprint density at radius 2 is 1.59 bits per heavy atom. The second-order valence-electron chi connectivity index (χ2n) is 8.84. The summed E-state index contributed by atoms with van der Waals surface area (Å²) < 4.78 is 0. The van der Waals surface area contributed by atoms with Crippen molar-refractivity contribution in [2.45, 2.75) is 66.8 Å². The van der Waals surface area contributed by atoms with Gasteiger partial charge in [-0.1, -0.05) is 57.0 Å². The van der Waals surface area contributed by atoms with Gasteiger partial charge in [-0.25, -0.2) is 0 Å². The van der Waals surface area contributed by atoms with Crippen LogP contribution in [-0.4, -0.2) is 48.6 Å². The third-order valence-electron chi connectivity index (χ3n) is 5.93. The molecule has 1 aliphatic heterocycles. The lowest BCUT2D eigenvalue weighted by atomic mass is 9.72. The molecule has 1 heterocycles. The van der Waals surface area contributed by atoms with Crippen LogP contribution >= 0.6 is 11.6 Å². The zero-order chi connectivity index (χ0) is 20.0. The number of piperazine rings is 1. The Balaban J connectivity index is 0.00000126. The van der Waals surface area contributed by atoms with E-state index < -0.39 is 0 Å². The number of hydrogen-bond donors (Lipinski definition) is 0. The lowest BCUT2D eigenvalue weighted by Crippen LogP contribution is -2.49. The van der Waals surface area contributed by atoms with Crippen LogP contribution in [0.4, 0.5) is 0 Å². The molecule has 0 N–H and O–H groups in total. The minimum atomic E-state index is 0.398. The minimum Gasteiger partial charge on any atom is -0.298 e. The minimum absolute atomic E-state index is 0.398. The van der Waals surface area contributed by atoms with E-state index in [4.69, 9.17) is 11.6 Å². The van der Waals surface area contributed by atoms with Crippen molar-refractivity contribution in [3.8, 4) is 0 Å². The normalized spacial score (nSPS) is 21.2. The van der Waals surface area contributed by atoms with Crippen molar-refractivity contribution in [2.75, 3.05) is 32.7 Å². The molecule has 1 aromatic carbocycles. The van der Waals surface area contributed by atoms with Crippen LogP contribution in [-0.2, 0) is 0 Å². The molecule has 0 amide bonds. The molecule has 3 rings (SSSR count). The molecule has 1 aromatic rings. The van der Waals surface area contributed by atoms with Crippen molar-refractivity contribution in [3.05, 3.63) is 40.4 Å². The van der Waals surface area contributed by atoms with E-state index >= 15 is 0 Å². The molecule has 27 heavy (non-hydrogen) atoms. The molecule has 1 aliphatic carbocycles. The summed E-state index contributed by atoms with van der Waals surface area (Å²) >= 11 is 6.11. The Kier molecular flexibility index (Phi) is 8.39. The van der Waals surface area contributed by atoms with Gasteiger partial charge in [0.05, 0.1) is 0 Å². The number of hydrogen-bond acceptors (Lipinski definition) is 2. The third kappa shape index (κ3) is 6.34. The maximum atomic E-state index is 6.11. The van der Waals surface area contributed by atoms with Crippen molar-refractivity contribution in [2.24, 2.45) is 5.41 Å². The highest BCUT2D eigenvalue weighted by molar-refractivity contribution is 6.30. The molecule has 0 saturated carbocycles. The van der Waals surface area contributed by atoms with Crippen LogP contribution < -0.4 is 0 Å². The predicted octanol–water partition coefficient (Wildman–Crippen LogP) is 6.36. The van der Waals surface area contributed by atoms with E-state index in [9.17, 15) is 0 Å². The summed E-state index contributed by atoms with van der Waals surface area (Å²) in [7, 11) is 0. The van der Waals surface area contributed by atoms with Gasteiger partial charge in [-0.05, 0) is 61.8 Å². The van der Waals surface area contributed by atoms with Crippen molar-refractivity contribution in [1.29, 1.82) is 0 Å². The van der Waals surface area contributed by atoms with Crippen LogP contribution in [0.25, 0.3) is 5.57 Å². The van der Waals surface area contributed by atoms with Gasteiger partial charge >= 0.3 is 0 Å². The van der Waals surface area contributed by atoms with Gasteiger partial charge in [-0.2, -0.15) is 0 Å². The summed E-state index contributed by atoms with van der Waals surface area (Å²) in [5, 5.41) is 0.825. The van der Waals surface area contributed by atoms with E-state index in [1.165, 1.54) is 51.0 Å². The molecule has 0 radical (unpaired) electrons. The van der Waals surface area contributed by atoms with Gasteiger partial charge in [0.15, 0.2) is 0 Å². The number of rotatable bonds is 4. The quantitative estimate of drug-likeness (QED) is 0.590. The first-order valence-electron chi connectivity index (χ1n) is 10.8. The first-order chi connectivity index (χ1) is 12.8. The highest BCUT2D eigenvalue weighted by Gasteiger charge is 2.29. The number of benzene rings is 1. The average molecular weight is 391 g/mol. The highest BCUT2D eigenvalue weighted by atomic mass is 35.5. The number of allylic oxidation sites excluding steroid dienone is 1. The lowest BCUT2D eigenvalue weighted by Gasteiger charge is -2.39. The molecule has 0 bridgehead atoms. The maximum Gasteiger partial charge on any atom is 0.0406 e. The molecule has 1 fully saturated rings. The van der Waals surface area contributed by atoms with Crippen LogP contribution in [0.15, 0.2) is 29.8 Å². The standard InChI is InChI=1S/C22H33ClN2.C2H6/c1-17(2)25-13-11-24(12-14-25)16-19-9-10-22(3,4)15-21(19)18-5-7-20(23)8-6-18;1-2/h5-8,17H,9-16H2,1-4H3;1-2H3. The second-order valence-corrected chi connectivity index (χ2v) is 9.27. The van der Waals surface area contributed by atoms with Gasteiger partial charge in [0.1, 0.15) is 0 Å². The van der Waals surface area contributed by atoms with E-state index in [0.717, 1.165) is 11.6 Å². The van der Waals surface area contributed by atoms with Crippen LogP contribution in [0, 0.1) is 5.41 Å². The Morgan fingerprint density at radius 1 is 1.00 bits per heavy atom. The molecule has 0 unspecified atom stereocenters. The zero-order valence-electron chi connectivity index (χ0n) is 18.3. The highest BCUT2D eigenvalue weighted by Crippen LogP contribution is 2.43. The Hall–Kier alpha value is -0.830. The molecular formula is C24H39ClN2. The summed E-state index contributed by atoms with van der Waals surface area (Å²) in [4.78, 5) is 5.25. The largest absolute Gasteiger partial charge is 0.298 e. The van der Waals surface area contributed by atoms with Crippen LogP contribution in [0.5, 0.6) is 0 Å². The summed E-state index contributed by atoms with van der Waals surface area (Å²) in [5.74, 6) is 0. The van der Waals surface area contributed by atoms with Gasteiger partial charge in [0, 0.05) is 43.8 Å². The third-order valence-corrected chi connectivity index (χ3v) is 6.18. The van der Waals surface area contributed by atoms with E-state index in [1.807, 2.05) is 26.0 Å². The van der Waals surface area contributed by atoms with Crippen molar-refractivity contribution in [3.63, 3.8) is 0 Å². The summed E-state index contributed by atoms with van der Waals surface area (Å²) in [6.45, 7) is 19.3. The molecule has 0 aromatic heterocycles. The van der Waals surface area contributed by atoms with Crippen molar-refractivity contribution >= 4 is 17.2 Å². The van der Waals surface area contributed by atoms with Gasteiger partial charge in [0.25, 0.3) is 0 Å². The van der Waals surface area contributed by atoms with Gasteiger partial charge in [-0.3, -0.25) is 9.80 Å². The van der Waals surface area contributed by atoms with E-state index in [-0.39, 0.29) is 0 Å². The Bertz CT molecular complexity index is 608. The van der Waals surface area contributed by atoms with E-state index in [0.29, 0.717) is 11.5 Å². The monoisotopic (exact) mass is 390 g/mol. The fourth-order valence-corrected chi connectivity index (χ4v) is 4.30. The SMILES string of the molecule is CC.CC(C)N1CCN(CC2=C(c3ccc(Cl)cc3)CC(C)(C)CC2)CC1. The molecule has 2 nitrogen and oxygen atoms in total. The van der Waals surface area contributed by atoms with E-state index in [1.54, 1.807) is 11.1 Å². The van der Waals surface area contributed by atoms with Crippen molar-refractivity contribution < 1.29 is 0 Å². The van der Waals surface area contributed by atoms with E-state index in [2.05, 4.69) is 49.6 Å². The summed E-state index contributed by atoms with van der Waals surface area (Å²) in [5.41, 5.74) is 4.99. The number of nitrogens with zero attached hydrogens (tertiary/aromatic N) is 2.